The molecule has 1 aliphatic rings. The summed E-state index contributed by atoms with van der Waals surface area (Å²) in [7, 11) is 1.55. The topological polar surface area (TPSA) is 95.6 Å². The first-order chi connectivity index (χ1) is 13.4. The second-order valence-corrected chi connectivity index (χ2v) is 7.22. The van der Waals surface area contributed by atoms with Crippen LogP contribution in [0.5, 0.6) is 0 Å². The molecule has 1 fully saturated rings. The normalized spacial score (nSPS) is 17.5. The van der Waals surface area contributed by atoms with E-state index in [-0.39, 0.29) is 29.5 Å². The molecule has 0 saturated carbocycles. The minimum absolute atomic E-state index is 0.0999. The lowest BCUT2D eigenvalue weighted by molar-refractivity contribution is -0.139. The number of likely N-dealkylation sites (N-methyl/N-ethyl adjacent to an activating group) is 1. The van der Waals surface area contributed by atoms with Crippen molar-refractivity contribution in [2.75, 3.05) is 13.6 Å². The van der Waals surface area contributed by atoms with Crippen LogP contribution in [0.1, 0.15) is 44.6 Å². The molecule has 0 aromatic heterocycles. The molecular formula is C21H29N3O4. The number of nitrogens with zero attached hydrogens (tertiary/aromatic N) is 1. The molecule has 152 valence electrons. The first-order valence-corrected chi connectivity index (χ1v) is 9.81. The maximum Gasteiger partial charge on any atom is 0.242 e. The van der Waals surface area contributed by atoms with Crippen molar-refractivity contribution >= 4 is 23.6 Å². The minimum atomic E-state index is -0.610. The molecule has 0 aliphatic carbocycles. The van der Waals surface area contributed by atoms with E-state index in [1.165, 1.54) is 4.90 Å². The standard InChI is InChI=1S/C21H29N3O4/c1-15-13-19(26)24(21(15)28)12-8-4-7-11-18(25)23-17(20(27)22-2)14-16-9-5-3-6-10-16/h3,5-6,9-10,15,17H,4,7-8,11-14H2,1-2H3,(H,22,27)(H,23,25)/t15?,17-/m0/s1. The zero-order valence-corrected chi connectivity index (χ0v) is 16.6. The molecule has 0 bridgehead atoms. The van der Waals surface area contributed by atoms with E-state index >= 15 is 0 Å². The molecule has 1 aromatic rings. The SMILES string of the molecule is CNC(=O)[C@H](Cc1ccccc1)NC(=O)CCCCCN1C(=O)CC(C)C1=O. The number of benzene rings is 1. The lowest BCUT2D eigenvalue weighted by Crippen LogP contribution is -2.47. The van der Waals surface area contributed by atoms with Crippen LogP contribution in [-0.4, -0.2) is 48.2 Å². The maximum atomic E-state index is 12.2. The summed E-state index contributed by atoms with van der Waals surface area (Å²) in [6.45, 7) is 2.18. The van der Waals surface area contributed by atoms with Crippen molar-refractivity contribution in [3.05, 3.63) is 35.9 Å². The highest BCUT2D eigenvalue weighted by Crippen LogP contribution is 2.19. The zero-order chi connectivity index (χ0) is 20.5. The van der Waals surface area contributed by atoms with Gasteiger partial charge in [0.05, 0.1) is 0 Å². The van der Waals surface area contributed by atoms with Gasteiger partial charge in [-0.2, -0.15) is 0 Å². The number of likely N-dealkylation sites (tertiary alicyclic amines) is 1. The summed E-state index contributed by atoms with van der Waals surface area (Å²) in [5.41, 5.74) is 0.977. The number of hydrogen-bond acceptors (Lipinski definition) is 4. The van der Waals surface area contributed by atoms with E-state index in [9.17, 15) is 19.2 Å². The third-order valence-electron chi connectivity index (χ3n) is 4.94. The van der Waals surface area contributed by atoms with Crippen LogP contribution >= 0.6 is 0 Å². The predicted molar refractivity (Wildman–Crippen MR) is 105 cm³/mol. The van der Waals surface area contributed by atoms with E-state index < -0.39 is 6.04 Å². The van der Waals surface area contributed by atoms with Crippen LogP contribution < -0.4 is 10.6 Å². The highest BCUT2D eigenvalue weighted by molar-refractivity contribution is 6.03. The van der Waals surface area contributed by atoms with Crippen LogP contribution in [0.3, 0.4) is 0 Å². The number of hydrogen-bond donors (Lipinski definition) is 2. The van der Waals surface area contributed by atoms with Crippen LogP contribution in [0.4, 0.5) is 0 Å². The van der Waals surface area contributed by atoms with Gasteiger partial charge in [-0.3, -0.25) is 24.1 Å². The van der Waals surface area contributed by atoms with Crippen molar-refractivity contribution in [3.8, 4) is 0 Å². The Morgan fingerprint density at radius 2 is 1.86 bits per heavy atom. The van der Waals surface area contributed by atoms with Crippen molar-refractivity contribution in [3.63, 3.8) is 0 Å². The Kier molecular flexibility index (Phi) is 8.17. The van der Waals surface area contributed by atoms with Crippen molar-refractivity contribution in [2.45, 2.75) is 51.5 Å². The largest absolute Gasteiger partial charge is 0.357 e. The molecule has 1 aromatic carbocycles. The number of carbonyl (C=O) groups is 4. The van der Waals surface area contributed by atoms with Gasteiger partial charge in [-0.05, 0) is 18.4 Å². The molecule has 1 aliphatic heterocycles. The number of amides is 4. The Morgan fingerprint density at radius 1 is 1.14 bits per heavy atom. The zero-order valence-electron chi connectivity index (χ0n) is 16.6. The number of imide groups is 1. The molecule has 28 heavy (non-hydrogen) atoms. The van der Waals surface area contributed by atoms with Crippen LogP contribution in [-0.2, 0) is 25.6 Å². The van der Waals surface area contributed by atoms with Gasteiger partial charge in [0.1, 0.15) is 6.04 Å². The van der Waals surface area contributed by atoms with Gasteiger partial charge >= 0.3 is 0 Å². The molecule has 7 nitrogen and oxygen atoms in total. The quantitative estimate of drug-likeness (QED) is 0.469. The molecule has 2 N–H and O–H groups in total. The molecule has 7 heteroatoms. The summed E-state index contributed by atoms with van der Waals surface area (Å²) in [5.74, 6) is -0.824. The molecule has 2 rings (SSSR count). The number of nitrogens with one attached hydrogen (secondary N) is 2. The molecule has 0 radical (unpaired) electrons. The molecule has 1 saturated heterocycles. The molecule has 2 atom stereocenters. The van der Waals surface area contributed by atoms with Crippen molar-refractivity contribution in [1.29, 1.82) is 0 Å². The average molecular weight is 387 g/mol. The van der Waals surface area contributed by atoms with Crippen molar-refractivity contribution < 1.29 is 19.2 Å². The van der Waals surface area contributed by atoms with E-state index in [1.807, 2.05) is 30.3 Å². The fourth-order valence-corrected chi connectivity index (χ4v) is 3.32. The van der Waals surface area contributed by atoms with Gasteiger partial charge in [-0.1, -0.05) is 43.7 Å². The Morgan fingerprint density at radius 3 is 2.46 bits per heavy atom. The summed E-state index contributed by atoms with van der Waals surface area (Å²) < 4.78 is 0. The molecule has 1 unspecified atom stereocenters. The summed E-state index contributed by atoms with van der Waals surface area (Å²) in [6, 6.07) is 8.93. The minimum Gasteiger partial charge on any atom is -0.357 e. The Hall–Kier alpha value is -2.70. The Bertz CT molecular complexity index is 705. The predicted octanol–water partition coefficient (Wildman–Crippen LogP) is 1.42. The first-order valence-electron chi connectivity index (χ1n) is 9.81. The lowest BCUT2D eigenvalue weighted by Gasteiger charge is -2.17. The third kappa shape index (κ3) is 6.18. The van der Waals surface area contributed by atoms with Crippen LogP contribution in [0.2, 0.25) is 0 Å². The van der Waals surface area contributed by atoms with Crippen molar-refractivity contribution in [1.82, 2.24) is 15.5 Å². The summed E-state index contributed by atoms with van der Waals surface area (Å²) >= 11 is 0. The number of rotatable bonds is 10. The van der Waals surface area contributed by atoms with Gasteiger partial charge < -0.3 is 10.6 Å². The second kappa shape index (κ2) is 10.6. The number of unbranched alkanes of at least 4 members (excludes halogenated alkanes) is 2. The molecule has 0 spiro atoms. The highest BCUT2D eigenvalue weighted by atomic mass is 16.2. The van der Waals surface area contributed by atoms with E-state index in [2.05, 4.69) is 10.6 Å². The van der Waals surface area contributed by atoms with Gasteiger partial charge in [0, 0.05) is 38.8 Å². The van der Waals surface area contributed by atoms with Gasteiger partial charge in [-0.15, -0.1) is 0 Å². The first kappa shape index (κ1) is 21.6. The van der Waals surface area contributed by atoms with E-state index in [1.54, 1.807) is 14.0 Å². The summed E-state index contributed by atoms with van der Waals surface area (Å²) in [4.78, 5) is 49.2. The Balaban J connectivity index is 1.71. The summed E-state index contributed by atoms with van der Waals surface area (Å²) in [5, 5.41) is 5.39. The lowest BCUT2D eigenvalue weighted by atomic mass is 10.0. The number of carbonyl (C=O) groups excluding carboxylic acids is 4. The second-order valence-electron chi connectivity index (χ2n) is 7.22. The third-order valence-corrected chi connectivity index (χ3v) is 4.94. The molecular weight excluding hydrogens is 358 g/mol. The highest BCUT2D eigenvalue weighted by Gasteiger charge is 2.34. The smallest absolute Gasteiger partial charge is 0.242 e. The van der Waals surface area contributed by atoms with E-state index in [0.29, 0.717) is 38.6 Å². The van der Waals surface area contributed by atoms with Gasteiger partial charge in [0.25, 0.3) is 0 Å². The summed E-state index contributed by atoms with van der Waals surface area (Å²) in [6.07, 6.45) is 3.10. The van der Waals surface area contributed by atoms with Crippen LogP contribution in [0.15, 0.2) is 30.3 Å². The van der Waals surface area contributed by atoms with Crippen molar-refractivity contribution in [2.24, 2.45) is 5.92 Å². The Labute approximate surface area is 165 Å². The van der Waals surface area contributed by atoms with Crippen LogP contribution in [0, 0.1) is 5.92 Å². The molecule has 1 heterocycles. The fraction of sp³-hybridized carbons (Fsp3) is 0.524. The fourth-order valence-electron chi connectivity index (χ4n) is 3.32. The van der Waals surface area contributed by atoms with E-state index in [0.717, 1.165) is 12.0 Å². The monoisotopic (exact) mass is 387 g/mol. The molecule has 4 amide bonds. The van der Waals surface area contributed by atoms with Gasteiger partial charge in [0.15, 0.2) is 0 Å². The van der Waals surface area contributed by atoms with Gasteiger partial charge in [0.2, 0.25) is 23.6 Å². The van der Waals surface area contributed by atoms with Crippen LogP contribution in [0.25, 0.3) is 0 Å². The van der Waals surface area contributed by atoms with E-state index in [4.69, 9.17) is 0 Å². The average Bonchev–Trinajstić information content (AvgIpc) is 2.93. The van der Waals surface area contributed by atoms with Gasteiger partial charge in [-0.25, -0.2) is 0 Å². The maximum absolute atomic E-state index is 12.2.